The Kier molecular flexibility index (Phi) is 63.5. The fourth-order valence-corrected chi connectivity index (χ4v) is 13.6. The lowest BCUT2D eigenvalue weighted by molar-refractivity contribution is -0.359. The molecule has 2 saturated heterocycles. The molecule has 9 N–H and O–H groups in total. The molecule has 0 aromatic heterocycles. The van der Waals surface area contributed by atoms with Crippen molar-refractivity contribution < 1.29 is 64.6 Å². The van der Waals surface area contributed by atoms with Crippen LogP contribution in [0, 0.1) is 0 Å². The summed E-state index contributed by atoms with van der Waals surface area (Å²) in [6.07, 6.45) is 76.1. The van der Waals surface area contributed by atoms with E-state index in [1.807, 2.05) is 6.08 Å². The SMILES string of the molecule is CCCCCCC/C=C\C/C=C\C/C=C\CCCCCCCCCCCCCCCCCCCCCCCCCCCCC(=O)NC(COC1OC(CO)C(OC2OC(CO)C(O)C(O)C2O)C(O)C1O)C(O)/C=C/CC/C=C/CCCCCCCCCCCCCCCCCCC. The third-order valence-electron chi connectivity index (χ3n) is 20.2. The van der Waals surface area contributed by atoms with Gasteiger partial charge in [0.15, 0.2) is 12.6 Å². The van der Waals surface area contributed by atoms with Crippen molar-refractivity contribution in [3.63, 3.8) is 0 Å². The average Bonchev–Trinajstić information content (AvgIpc) is 0.793. The van der Waals surface area contributed by atoms with Crippen molar-refractivity contribution in [3.05, 3.63) is 60.8 Å². The highest BCUT2D eigenvalue weighted by Gasteiger charge is 2.51. The van der Waals surface area contributed by atoms with Crippen molar-refractivity contribution in [2.45, 2.75) is 447 Å². The molecule has 574 valence electrons. The first kappa shape index (κ1) is 91.8. The third kappa shape index (κ3) is 50.2. The fraction of sp³-hybridized carbons (Fsp3) is 0.869. The van der Waals surface area contributed by atoms with Crippen LogP contribution in [0.1, 0.15) is 373 Å². The number of ether oxygens (including phenoxy) is 4. The maximum absolute atomic E-state index is 13.4. The molecule has 1 amide bonds. The normalized spacial score (nSPS) is 22.3. The van der Waals surface area contributed by atoms with Crippen LogP contribution in [0.25, 0.3) is 0 Å². The molecule has 0 radical (unpaired) electrons. The standard InChI is InChI=1S/C84H155NO13/c1-3-5-7-9-11-13-15-17-19-21-23-25-27-28-29-30-31-32-33-34-35-36-37-38-39-40-41-42-43-44-46-48-50-52-54-56-58-60-62-64-66-68-76(89)85-72(71-95-83-81(94)79(92)82(75(70-87)97-83)98-84-80(93)78(91)77(90)74(69-86)96-84)73(88)67-65-63-61-59-57-55-53-51-49-47-45-26-24-22-20-18-16-14-12-10-8-6-4-2/h15,17,21,23,27-28,57,59,65,67,72-75,77-84,86-88,90-94H,3-14,16,18-20,22,24-26,29-56,58,60-64,66,68-71H2,1-2H3,(H,85,89)/b17-15-,23-21-,28-27-,59-57+,67-65+. The minimum atomic E-state index is -1.79. The van der Waals surface area contributed by atoms with Gasteiger partial charge in [0.2, 0.25) is 5.91 Å². The van der Waals surface area contributed by atoms with Gasteiger partial charge in [0.25, 0.3) is 0 Å². The molecule has 14 nitrogen and oxygen atoms in total. The minimum Gasteiger partial charge on any atom is -0.394 e. The Morgan fingerprint density at radius 2 is 0.684 bits per heavy atom. The van der Waals surface area contributed by atoms with E-state index in [2.05, 4.69) is 67.8 Å². The van der Waals surface area contributed by atoms with Gasteiger partial charge in [0.05, 0.1) is 32.0 Å². The average molecular weight is 1390 g/mol. The highest BCUT2D eigenvalue weighted by molar-refractivity contribution is 5.76. The lowest BCUT2D eigenvalue weighted by Crippen LogP contribution is -2.65. The van der Waals surface area contributed by atoms with Gasteiger partial charge in [0.1, 0.15) is 48.8 Å². The molecule has 0 spiro atoms. The third-order valence-corrected chi connectivity index (χ3v) is 20.2. The molecule has 2 heterocycles. The van der Waals surface area contributed by atoms with Crippen LogP contribution in [0.15, 0.2) is 60.8 Å². The summed E-state index contributed by atoms with van der Waals surface area (Å²) in [5, 5.41) is 87.6. The Morgan fingerprint density at radius 1 is 0.367 bits per heavy atom. The largest absolute Gasteiger partial charge is 0.394 e. The number of aliphatic hydroxyl groups excluding tert-OH is 8. The van der Waals surface area contributed by atoms with Crippen LogP contribution in [-0.2, 0) is 23.7 Å². The van der Waals surface area contributed by atoms with E-state index in [0.717, 1.165) is 44.9 Å². The maximum Gasteiger partial charge on any atom is 0.220 e. The second-order valence-corrected chi connectivity index (χ2v) is 29.2. The first-order chi connectivity index (χ1) is 48.1. The van der Waals surface area contributed by atoms with Crippen LogP contribution >= 0.6 is 0 Å². The summed E-state index contributed by atoms with van der Waals surface area (Å²) in [4.78, 5) is 13.4. The zero-order valence-corrected chi connectivity index (χ0v) is 63.0. The zero-order valence-electron chi connectivity index (χ0n) is 63.0. The summed E-state index contributed by atoms with van der Waals surface area (Å²) in [7, 11) is 0. The highest BCUT2D eigenvalue weighted by Crippen LogP contribution is 2.30. The van der Waals surface area contributed by atoms with Crippen LogP contribution in [0.5, 0.6) is 0 Å². The van der Waals surface area contributed by atoms with E-state index in [4.69, 9.17) is 18.9 Å². The number of aliphatic hydroxyl groups is 8. The van der Waals surface area contributed by atoms with E-state index in [1.165, 1.54) is 295 Å². The molecule has 12 atom stereocenters. The molecule has 0 aromatic rings. The van der Waals surface area contributed by atoms with E-state index >= 15 is 0 Å². The number of allylic oxidation sites excluding steroid dienone is 9. The molecule has 2 rings (SSSR count). The maximum atomic E-state index is 13.4. The summed E-state index contributed by atoms with van der Waals surface area (Å²) in [6.45, 7) is 2.82. The predicted octanol–water partition coefficient (Wildman–Crippen LogP) is 19.1. The first-order valence-corrected chi connectivity index (χ1v) is 41.5. The van der Waals surface area contributed by atoms with Crippen molar-refractivity contribution in [3.8, 4) is 0 Å². The van der Waals surface area contributed by atoms with Crippen molar-refractivity contribution >= 4 is 5.91 Å². The highest BCUT2D eigenvalue weighted by atomic mass is 16.7. The summed E-state index contributed by atoms with van der Waals surface area (Å²) in [5.74, 6) is -0.242. The minimum absolute atomic E-state index is 0.242. The van der Waals surface area contributed by atoms with Gasteiger partial charge >= 0.3 is 0 Å². The van der Waals surface area contributed by atoms with Crippen molar-refractivity contribution in [1.82, 2.24) is 5.32 Å². The summed E-state index contributed by atoms with van der Waals surface area (Å²) in [6, 6.07) is -0.933. The number of hydrogen-bond donors (Lipinski definition) is 9. The van der Waals surface area contributed by atoms with Crippen molar-refractivity contribution in [2.24, 2.45) is 0 Å². The van der Waals surface area contributed by atoms with Gasteiger partial charge in [-0.05, 0) is 70.6 Å². The number of amides is 1. The van der Waals surface area contributed by atoms with E-state index in [-0.39, 0.29) is 18.9 Å². The summed E-state index contributed by atoms with van der Waals surface area (Å²) in [5.41, 5.74) is 0. The predicted molar refractivity (Wildman–Crippen MR) is 406 cm³/mol. The van der Waals surface area contributed by atoms with Gasteiger partial charge in [-0.15, -0.1) is 0 Å². The zero-order chi connectivity index (χ0) is 70.8. The van der Waals surface area contributed by atoms with E-state index in [9.17, 15) is 45.6 Å². The van der Waals surface area contributed by atoms with Crippen LogP contribution in [0.3, 0.4) is 0 Å². The topological polar surface area (TPSA) is 228 Å². The Morgan fingerprint density at radius 3 is 1.07 bits per heavy atom. The molecular weight excluding hydrogens is 1230 g/mol. The van der Waals surface area contributed by atoms with Gasteiger partial charge in [-0.1, -0.05) is 357 Å². The Bertz CT molecular complexity index is 1880. The second-order valence-electron chi connectivity index (χ2n) is 29.2. The van der Waals surface area contributed by atoms with E-state index in [0.29, 0.717) is 12.8 Å². The van der Waals surface area contributed by atoms with Crippen LogP contribution in [0.4, 0.5) is 0 Å². The molecule has 2 aliphatic rings. The molecule has 12 unspecified atom stereocenters. The number of carbonyl (C=O) groups excluding carboxylic acids is 1. The molecule has 2 fully saturated rings. The molecule has 14 heteroatoms. The van der Waals surface area contributed by atoms with Gasteiger partial charge in [-0.3, -0.25) is 4.79 Å². The Labute approximate surface area is 600 Å². The number of unbranched alkanes of at least 4 members (excludes halogenated alkanes) is 49. The molecule has 0 aliphatic carbocycles. The second kappa shape index (κ2) is 67.8. The molecule has 98 heavy (non-hydrogen) atoms. The van der Waals surface area contributed by atoms with Gasteiger partial charge in [-0.25, -0.2) is 0 Å². The Balaban J connectivity index is 1.57. The van der Waals surface area contributed by atoms with Crippen molar-refractivity contribution in [2.75, 3.05) is 19.8 Å². The molecule has 0 aromatic carbocycles. The molecule has 0 saturated carbocycles. The lowest BCUT2D eigenvalue weighted by Gasteiger charge is -2.46. The summed E-state index contributed by atoms with van der Waals surface area (Å²) < 4.78 is 22.9. The van der Waals surface area contributed by atoms with E-state index < -0.39 is 86.8 Å². The van der Waals surface area contributed by atoms with Crippen LogP contribution < -0.4 is 5.32 Å². The van der Waals surface area contributed by atoms with Gasteiger partial charge < -0.3 is 65.1 Å². The van der Waals surface area contributed by atoms with Crippen molar-refractivity contribution in [1.29, 1.82) is 0 Å². The Hall–Kier alpha value is -2.31. The fourth-order valence-electron chi connectivity index (χ4n) is 13.6. The molecule has 2 aliphatic heterocycles. The number of hydrogen-bond acceptors (Lipinski definition) is 13. The number of nitrogens with one attached hydrogen (secondary N) is 1. The number of carbonyl (C=O) groups is 1. The van der Waals surface area contributed by atoms with E-state index in [1.54, 1.807) is 6.08 Å². The number of rotatable bonds is 70. The van der Waals surface area contributed by atoms with Crippen LogP contribution in [-0.4, -0.2) is 140 Å². The quantitative estimate of drug-likeness (QED) is 0.0204. The first-order valence-electron chi connectivity index (χ1n) is 41.5. The smallest absolute Gasteiger partial charge is 0.220 e. The lowest BCUT2D eigenvalue weighted by atomic mass is 9.97. The van der Waals surface area contributed by atoms with Gasteiger partial charge in [-0.2, -0.15) is 0 Å². The monoisotopic (exact) mass is 1390 g/mol. The molecular formula is C84H155NO13. The molecule has 0 bridgehead atoms. The van der Waals surface area contributed by atoms with Crippen LogP contribution in [0.2, 0.25) is 0 Å². The van der Waals surface area contributed by atoms with Gasteiger partial charge in [0, 0.05) is 6.42 Å². The summed E-state index contributed by atoms with van der Waals surface area (Å²) >= 11 is 0.